The Labute approximate surface area is 263 Å². The van der Waals surface area contributed by atoms with Crippen molar-refractivity contribution in [3.63, 3.8) is 0 Å². The van der Waals surface area contributed by atoms with Gasteiger partial charge >= 0.3 is 5.97 Å². The molecule has 1 aromatic carbocycles. The van der Waals surface area contributed by atoms with Crippen LogP contribution in [0.1, 0.15) is 179 Å². The summed E-state index contributed by atoms with van der Waals surface area (Å²) in [5.74, 6) is -1.67. The second-order valence-electron chi connectivity index (χ2n) is 12.8. The summed E-state index contributed by atoms with van der Waals surface area (Å²) >= 11 is 0. The summed E-state index contributed by atoms with van der Waals surface area (Å²) in [5, 5.41) is 15.3. The highest BCUT2D eigenvalue weighted by Crippen LogP contribution is 2.26. The molecule has 0 saturated carbocycles. The summed E-state index contributed by atoms with van der Waals surface area (Å²) in [4.78, 5) is 37.6. The van der Waals surface area contributed by atoms with Crippen LogP contribution in [0.4, 0.5) is 11.4 Å². The second kappa shape index (κ2) is 25.0. The minimum atomic E-state index is -1.07. The highest BCUT2D eigenvalue weighted by atomic mass is 16.4. The molecular weight excluding hydrogens is 536 g/mol. The Balaban J connectivity index is 2.47. The predicted molar refractivity (Wildman–Crippen MR) is 182 cm³/mol. The molecule has 0 radical (unpaired) electrons. The van der Waals surface area contributed by atoms with Crippen molar-refractivity contribution in [2.75, 3.05) is 10.6 Å². The Hall–Kier alpha value is -2.37. The van der Waals surface area contributed by atoms with Crippen LogP contribution in [0.2, 0.25) is 0 Å². The van der Waals surface area contributed by atoms with Crippen molar-refractivity contribution < 1.29 is 19.5 Å². The first kappa shape index (κ1) is 38.7. The summed E-state index contributed by atoms with van der Waals surface area (Å²) < 4.78 is 0. The van der Waals surface area contributed by atoms with Crippen molar-refractivity contribution in [1.82, 2.24) is 0 Å². The molecule has 0 fully saturated rings. The quantitative estimate of drug-likeness (QED) is 0.0875. The molecule has 3 N–H and O–H groups in total. The Morgan fingerprint density at radius 1 is 0.558 bits per heavy atom. The number of carboxylic acids is 1. The molecule has 6 heteroatoms. The van der Waals surface area contributed by atoms with Gasteiger partial charge in [-0.05, 0) is 31.0 Å². The van der Waals surface area contributed by atoms with Gasteiger partial charge in [0.05, 0.1) is 16.9 Å². The lowest BCUT2D eigenvalue weighted by molar-refractivity contribution is -0.120. The number of hydrogen-bond donors (Lipinski definition) is 3. The zero-order valence-electron chi connectivity index (χ0n) is 28.1. The summed E-state index contributed by atoms with van der Waals surface area (Å²) in [5.41, 5.74) is 0.873. The first-order valence-corrected chi connectivity index (χ1v) is 17.8. The van der Waals surface area contributed by atoms with Crippen molar-refractivity contribution in [3.05, 3.63) is 23.8 Å². The van der Waals surface area contributed by atoms with Crippen LogP contribution >= 0.6 is 0 Å². The molecule has 0 aliphatic heterocycles. The van der Waals surface area contributed by atoms with Crippen LogP contribution < -0.4 is 10.6 Å². The first-order chi connectivity index (χ1) is 20.8. The van der Waals surface area contributed by atoms with Gasteiger partial charge in [0, 0.05) is 11.8 Å². The average Bonchev–Trinajstić information content (AvgIpc) is 2.99. The number of unbranched alkanes of at least 4 members (excludes halogenated alkanes) is 18. The fourth-order valence-electron chi connectivity index (χ4n) is 5.54. The van der Waals surface area contributed by atoms with Crippen LogP contribution in [0.25, 0.3) is 0 Å². The Morgan fingerprint density at radius 3 is 1.28 bits per heavy atom. The molecule has 0 aromatic heterocycles. The van der Waals surface area contributed by atoms with E-state index in [1.54, 1.807) is 6.07 Å². The van der Waals surface area contributed by atoms with E-state index in [-0.39, 0.29) is 29.2 Å². The number of carboxylic acid groups (broad SMARTS) is 1. The lowest BCUT2D eigenvalue weighted by atomic mass is 10.00. The number of aromatic carboxylic acids is 1. The molecule has 0 spiro atoms. The topological polar surface area (TPSA) is 95.5 Å². The molecule has 2 amide bonds. The van der Waals surface area contributed by atoms with Crippen molar-refractivity contribution in [2.24, 2.45) is 11.8 Å². The van der Waals surface area contributed by atoms with Gasteiger partial charge in [0.25, 0.3) is 0 Å². The number of hydrogen-bond acceptors (Lipinski definition) is 3. The van der Waals surface area contributed by atoms with Crippen molar-refractivity contribution >= 4 is 29.2 Å². The van der Waals surface area contributed by atoms with Crippen LogP contribution in [0.3, 0.4) is 0 Å². The lowest BCUT2D eigenvalue weighted by Crippen LogP contribution is -2.24. The van der Waals surface area contributed by atoms with E-state index >= 15 is 0 Å². The van der Waals surface area contributed by atoms with Crippen molar-refractivity contribution in [3.8, 4) is 0 Å². The molecule has 246 valence electrons. The molecule has 0 heterocycles. The molecule has 0 saturated heterocycles. The molecule has 0 aliphatic carbocycles. The lowest BCUT2D eigenvalue weighted by Gasteiger charge is -2.18. The van der Waals surface area contributed by atoms with E-state index in [1.807, 2.05) is 13.8 Å². The molecule has 6 nitrogen and oxygen atoms in total. The maximum atomic E-state index is 13.0. The molecule has 0 aliphatic rings. The van der Waals surface area contributed by atoms with Crippen molar-refractivity contribution in [1.29, 1.82) is 0 Å². The Kier molecular flexibility index (Phi) is 22.5. The van der Waals surface area contributed by atoms with Gasteiger partial charge in [-0.1, -0.05) is 156 Å². The van der Waals surface area contributed by atoms with E-state index in [0.29, 0.717) is 11.4 Å². The van der Waals surface area contributed by atoms with Crippen LogP contribution in [-0.2, 0) is 9.59 Å². The maximum Gasteiger partial charge on any atom is 0.335 e. The van der Waals surface area contributed by atoms with Crippen LogP contribution in [0.15, 0.2) is 18.2 Å². The fraction of sp³-hybridized carbons (Fsp3) is 0.757. The zero-order chi connectivity index (χ0) is 31.7. The van der Waals surface area contributed by atoms with Gasteiger partial charge in [-0.15, -0.1) is 0 Å². The third-order valence-corrected chi connectivity index (χ3v) is 8.66. The third-order valence-electron chi connectivity index (χ3n) is 8.66. The largest absolute Gasteiger partial charge is 0.478 e. The zero-order valence-corrected chi connectivity index (χ0v) is 28.1. The van der Waals surface area contributed by atoms with E-state index in [2.05, 4.69) is 24.5 Å². The van der Waals surface area contributed by atoms with Gasteiger partial charge < -0.3 is 15.7 Å². The normalized spacial score (nSPS) is 12.6. The van der Waals surface area contributed by atoms with E-state index in [4.69, 9.17) is 0 Å². The minimum Gasteiger partial charge on any atom is -0.478 e. The standard InChI is InChI=1S/C37H64N2O4/c1-5-7-9-11-13-15-17-19-21-23-25-30(3)35(40)38-33-28-27-32(37(42)43)29-34(33)39-36(41)31(4)26-24-22-20-18-16-14-12-10-8-6-2/h27-31H,5-26H2,1-4H3,(H,38,40)(H,39,41)(H,42,43). The average molecular weight is 601 g/mol. The summed E-state index contributed by atoms with van der Waals surface area (Å²) in [6.07, 6.45) is 26.7. The maximum absolute atomic E-state index is 13.0. The molecule has 1 aromatic rings. The van der Waals surface area contributed by atoms with Crippen LogP contribution in [0.5, 0.6) is 0 Å². The van der Waals surface area contributed by atoms with Gasteiger partial charge in [0.15, 0.2) is 0 Å². The first-order valence-electron chi connectivity index (χ1n) is 17.8. The molecular formula is C37H64N2O4. The molecule has 1 rings (SSSR count). The second-order valence-corrected chi connectivity index (χ2v) is 12.8. The van der Waals surface area contributed by atoms with Gasteiger partial charge in [-0.25, -0.2) is 4.79 Å². The van der Waals surface area contributed by atoms with E-state index in [0.717, 1.165) is 38.5 Å². The van der Waals surface area contributed by atoms with Gasteiger partial charge in [0.1, 0.15) is 0 Å². The summed E-state index contributed by atoms with van der Waals surface area (Å²) in [7, 11) is 0. The number of amides is 2. The van der Waals surface area contributed by atoms with Crippen LogP contribution in [0, 0.1) is 11.8 Å². The van der Waals surface area contributed by atoms with Crippen LogP contribution in [-0.4, -0.2) is 22.9 Å². The van der Waals surface area contributed by atoms with E-state index in [9.17, 15) is 19.5 Å². The highest BCUT2D eigenvalue weighted by molar-refractivity contribution is 6.02. The minimum absolute atomic E-state index is 0.0778. The monoisotopic (exact) mass is 600 g/mol. The number of carbonyl (C=O) groups excluding carboxylic acids is 2. The number of carbonyl (C=O) groups is 3. The van der Waals surface area contributed by atoms with Gasteiger partial charge in [-0.3, -0.25) is 9.59 Å². The molecule has 43 heavy (non-hydrogen) atoms. The summed E-state index contributed by atoms with van der Waals surface area (Å²) in [6.45, 7) is 8.33. The Bertz CT molecular complexity index is 901. The van der Waals surface area contributed by atoms with E-state index in [1.165, 1.54) is 115 Å². The fourth-order valence-corrected chi connectivity index (χ4v) is 5.54. The molecule has 0 bridgehead atoms. The summed E-state index contributed by atoms with van der Waals surface area (Å²) in [6, 6.07) is 4.49. The number of rotatable bonds is 27. The van der Waals surface area contributed by atoms with Crippen molar-refractivity contribution in [2.45, 2.75) is 169 Å². The third kappa shape index (κ3) is 18.8. The number of nitrogens with one attached hydrogen (secondary N) is 2. The van der Waals surface area contributed by atoms with E-state index < -0.39 is 5.97 Å². The predicted octanol–water partition coefficient (Wildman–Crippen LogP) is 11.2. The Morgan fingerprint density at radius 2 is 0.907 bits per heavy atom. The molecule has 2 atom stereocenters. The number of anilines is 2. The smallest absolute Gasteiger partial charge is 0.335 e. The SMILES string of the molecule is CCCCCCCCCCCCC(C)C(=O)Nc1ccc(C(=O)O)cc1NC(=O)C(C)CCCCCCCCCCCC. The molecule has 2 unspecified atom stereocenters. The highest BCUT2D eigenvalue weighted by Gasteiger charge is 2.19. The van der Waals surface area contributed by atoms with Gasteiger partial charge in [0.2, 0.25) is 11.8 Å². The van der Waals surface area contributed by atoms with Gasteiger partial charge in [-0.2, -0.15) is 0 Å². The number of benzene rings is 1.